The van der Waals surface area contributed by atoms with Crippen LogP contribution in [0.3, 0.4) is 0 Å². The Hall–Kier alpha value is -2.40. The fraction of sp³-hybridized carbons (Fsp3) is 0.440. The lowest BCUT2D eigenvalue weighted by atomic mass is 9.82. The zero-order valence-electron chi connectivity index (χ0n) is 18.1. The predicted octanol–water partition coefficient (Wildman–Crippen LogP) is 4.37. The van der Waals surface area contributed by atoms with Crippen LogP contribution in [0.1, 0.15) is 47.9 Å². The number of nitrogens with one attached hydrogen (secondary N) is 1. The molecule has 1 fully saturated rings. The second-order valence-corrected chi connectivity index (χ2v) is 8.93. The molecule has 30 heavy (non-hydrogen) atoms. The number of carbonyl (C=O) groups excluding carboxylic acids is 1. The summed E-state index contributed by atoms with van der Waals surface area (Å²) < 4.78 is 0. The fourth-order valence-corrected chi connectivity index (χ4v) is 4.54. The van der Waals surface area contributed by atoms with Crippen molar-refractivity contribution in [3.8, 4) is 0 Å². The van der Waals surface area contributed by atoms with Crippen molar-refractivity contribution in [1.29, 1.82) is 0 Å². The molecule has 0 aromatic heterocycles. The Morgan fingerprint density at radius 2 is 1.60 bits per heavy atom. The fourth-order valence-electron chi connectivity index (χ4n) is 4.30. The minimum Gasteiger partial charge on any atom is -0.550 e. The summed E-state index contributed by atoms with van der Waals surface area (Å²) in [7, 11) is 0. The number of carbonyl (C=O) groups is 1. The van der Waals surface area contributed by atoms with Gasteiger partial charge < -0.3 is 20.1 Å². The van der Waals surface area contributed by atoms with Gasteiger partial charge in [0, 0.05) is 24.7 Å². The molecule has 0 bridgehead atoms. The number of carboxylic acid groups (broad SMARTS) is 1. The summed E-state index contributed by atoms with van der Waals surface area (Å²) in [6.45, 7) is 7.87. The maximum atomic E-state index is 11.2. The number of aliphatic carboxylic acids is 1. The van der Waals surface area contributed by atoms with E-state index in [1.165, 1.54) is 22.3 Å². The third-order valence-electron chi connectivity index (χ3n) is 6.28. The highest BCUT2D eigenvalue weighted by Gasteiger charge is 2.25. The van der Waals surface area contributed by atoms with Crippen LogP contribution in [-0.4, -0.2) is 22.5 Å². The number of aryl methyl sites for hydroxylation is 3. The van der Waals surface area contributed by atoms with Crippen LogP contribution in [-0.2, 0) is 11.3 Å². The summed E-state index contributed by atoms with van der Waals surface area (Å²) >= 11 is 5.86. The quantitative estimate of drug-likeness (QED) is 0.700. The van der Waals surface area contributed by atoms with Crippen molar-refractivity contribution >= 4 is 29.0 Å². The molecule has 0 spiro atoms. The van der Waals surface area contributed by atoms with E-state index in [2.05, 4.69) is 73.5 Å². The van der Waals surface area contributed by atoms with E-state index in [0.717, 1.165) is 36.7 Å². The number of nitrogens with zero attached hydrogens (tertiary/aromatic N) is 1. The third kappa shape index (κ3) is 5.60. The third-order valence-corrected chi connectivity index (χ3v) is 6.64. The van der Waals surface area contributed by atoms with Gasteiger partial charge in [-0.1, -0.05) is 42.5 Å². The van der Waals surface area contributed by atoms with Gasteiger partial charge in [-0.15, -0.1) is 0 Å². The normalized spacial score (nSPS) is 18.6. The Labute approximate surface area is 185 Å². The summed E-state index contributed by atoms with van der Waals surface area (Å²) in [6.07, 6.45) is 3.19. The van der Waals surface area contributed by atoms with Crippen LogP contribution in [0.2, 0.25) is 0 Å². The van der Waals surface area contributed by atoms with Gasteiger partial charge in [-0.2, -0.15) is 0 Å². The van der Waals surface area contributed by atoms with Crippen molar-refractivity contribution in [2.45, 2.75) is 53.0 Å². The standard InChI is InChI=1S/C25H32N2O2S/c1-17-7-4-5-10-22(17)16-27(15-20-11-13-21(14-12-20)24(28)29)25(30)26-23-18(2)8-6-9-19(23)3/h4-10,20-21H,11-16H2,1-3H3,(H,26,30)(H,28,29)/p-1. The number of thiocarbonyl (C=S) groups is 1. The van der Waals surface area contributed by atoms with Crippen LogP contribution >= 0.6 is 12.2 Å². The van der Waals surface area contributed by atoms with Crippen molar-refractivity contribution in [2.75, 3.05) is 11.9 Å². The smallest absolute Gasteiger partial charge is 0.173 e. The molecule has 0 unspecified atom stereocenters. The molecule has 1 N–H and O–H groups in total. The molecular formula is C25H31N2O2S-. The van der Waals surface area contributed by atoms with Crippen LogP contribution in [0.4, 0.5) is 5.69 Å². The number of carboxylic acids is 1. The molecular weight excluding hydrogens is 392 g/mol. The summed E-state index contributed by atoms with van der Waals surface area (Å²) in [6, 6.07) is 14.6. The van der Waals surface area contributed by atoms with Crippen LogP contribution in [0.5, 0.6) is 0 Å². The number of anilines is 1. The molecule has 0 saturated heterocycles. The molecule has 1 saturated carbocycles. The molecule has 1 aliphatic carbocycles. The summed E-state index contributed by atoms with van der Waals surface area (Å²) in [5, 5.41) is 15.4. The summed E-state index contributed by atoms with van der Waals surface area (Å²) in [5.74, 6) is -0.773. The van der Waals surface area contributed by atoms with Gasteiger partial charge in [0.1, 0.15) is 0 Å². The number of rotatable bonds is 6. The van der Waals surface area contributed by atoms with Gasteiger partial charge in [0.2, 0.25) is 0 Å². The Bertz CT molecular complexity index is 884. The van der Waals surface area contributed by atoms with E-state index in [-0.39, 0.29) is 5.92 Å². The molecule has 0 radical (unpaired) electrons. The average Bonchev–Trinajstić information content (AvgIpc) is 2.72. The van der Waals surface area contributed by atoms with Gasteiger partial charge in [0.25, 0.3) is 0 Å². The Kier molecular flexibility index (Phi) is 7.48. The highest BCUT2D eigenvalue weighted by atomic mass is 32.1. The van der Waals surface area contributed by atoms with E-state index in [1.807, 2.05) is 0 Å². The zero-order chi connectivity index (χ0) is 21.7. The molecule has 160 valence electrons. The number of hydrogen-bond acceptors (Lipinski definition) is 3. The topological polar surface area (TPSA) is 55.4 Å². The number of benzene rings is 2. The van der Waals surface area contributed by atoms with Crippen molar-refractivity contribution < 1.29 is 9.90 Å². The molecule has 2 aromatic rings. The second kappa shape index (κ2) is 10.1. The molecule has 0 heterocycles. The lowest BCUT2D eigenvalue weighted by Gasteiger charge is -2.35. The van der Waals surface area contributed by atoms with Gasteiger partial charge in [0.05, 0.1) is 0 Å². The van der Waals surface area contributed by atoms with E-state index < -0.39 is 5.97 Å². The van der Waals surface area contributed by atoms with E-state index >= 15 is 0 Å². The molecule has 1 aliphatic rings. The Morgan fingerprint density at radius 3 is 2.20 bits per heavy atom. The number of para-hydroxylation sites is 1. The molecule has 0 aliphatic heterocycles. The van der Waals surface area contributed by atoms with Gasteiger partial charge in [-0.3, -0.25) is 0 Å². The Balaban J connectivity index is 1.76. The zero-order valence-corrected chi connectivity index (χ0v) is 18.9. The highest BCUT2D eigenvalue weighted by Crippen LogP contribution is 2.30. The van der Waals surface area contributed by atoms with Gasteiger partial charge in [0.15, 0.2) is 5.11 Å². The first kappa shape index (κ1) is 22.3. The molecule has 4 nitrogen and oxygen atoms in total. The average molecular weight is 424 g/mol. The molecule has 0 atom stereocenters. The van der Waals surface area contributed by atoms with Crippen LogP contribution in [0.25, 0.3) is 0 Å². The SMILES string of the molecule is Cc1ccccc1CN(CC1CCC(C(=O)[O-])CC1)C(=S)Nc1c(C)cccc1C. The maximum absolute atomic E-state index is 11.2. The first-order chi connectivity index (χ1) is 14.3. The maximum Gasteiger partial charge on any atom is 0.173 e. The van der Waals surface area contributed by atoms with Gasteiger partial charge in [-0.25, -0.2) is 0 Å². The van der Waals surface area contributed by atoms with E-state index in [1.54, 1.807) is 0 Å². The monoisotopic (exact) mass is 423 g/mol. The van der Waals surface area contributed by atoms with E-state index in [4.69, 9.17) is 12.2 Å². The van der Waals surface area contributed by atoms with Crippen molar-refractivity contribution in [2.24, 2.45) is 11.8 Å². The lowest BCUT2D eigenvalue weighted by Crippen LogP contribution is -2.40. The first-order valence-corrected chi connectivity index (χ1v) is 11.1. The van der Waals surface area contributed by atoms with Gasteiger partial charge >= 0.3 is 0 Å². The summed E-state index contributed by atoms with van der Waals surface area (Å²) in [5.41, 5.74) is 5.91. The molecule has 5 heteroatoms. The van der Waals surface area contributed by atoms with Crippen molar-refractivity contribution in [3.63, 3.8) is 0 Å². The van der Waals surface area contributed by atoms with Crippen LogP contribution in [0, 0.1) is 32.6 Å². The molecule has 3 rings (SSSR count). The first-order valence-electron chi connectivity index (χ1n) is 10.7. The minimum atomic E-state index is -0.905. The largest absolute Gasteiger partial charge is 0.550 e. The highest BCUT2D eigenvalue weighted by molar-refractivity contribution is 7.80. The predicted molar refractivity (Wildman–Crippen MR) is 124 cm³/mol. The molecule has 0 amide bonds. The number of hydrogen-bond donors (Lipinski definition) is 1. The van der Waals surface area contributed by atoms with Crippen molar-refractivity contribution in [1.82, 2.24) is 4.90 Å². The second-order valence-electron chi connectivity index (χ2n) is 8.54. The van der Waals surface area contributed by atoms with E-state index in [9.17, 15) is 9.90 Å². The summed E-state index contributed by atoms with van der Waals surface area (Å²) in [4.78, 5) is 13.4. The van der Waals surface area contributed by atoms with Crippen molar-refractivity contribution in [3.05, 3.63) is 64.7 Å². The minimum absolute atomic E-state index is 0.300. The van der Waals surface area contributed by atoms with Gasteiger partial charge in [-0.05, 0) is 92.8 Å². The van der Waals surface area contributed by atoms with Crippen LogP contribution in [0.15, 0.2) is 42.5 Å². The lowest BCUT2D eigenvalue weighted by molar-refractivity contribution is -0.312. The molecule has 2 aromatic carbocycles. The Morgan fingerprint density at radius 1 is 1.00 bits per heavy atom. The van der Waals surface area contributed by atoms with Crippen LogP contribution < -0.4 is 10.4 Å². The van der Waals surface area contributed by atoms with E-state index in [0.29, 0.717) is 18.8 Å².